The SMILES string of the molecule is Cc1cc(C)c(C)c(S(=O)(=O)N2CC[NH+](Cc3cccc(C#N)c3)CC2)c1C. The van der Waals surface area contributed by atoms with Crippen molar-refractivity contribution in [2.24, 2.45) is 0 Å². The number of hydrogen-bond acceptors (Lipinski definition) is 3. The largest absolute Gasteiger partial charge is 0.329 e. The zero-order valence-electron chi connectivity index (χ0n) is 17.0. The van der Waals surface area contributed by atoms with E-state index in [2.05, 4.69) is 12.1 Å². The number of piperazine rings is 1. The molecule has 0 unspecified atom stereocenters. The lowest BCUT2D eigenvalue weighted by atomic mass is 10.0. The third-order valence-electron chi connectivity index (χ3n) is 5.83. The normalized spacial score (nSPS) is 16.1. The summed E-state index contributed by atoms with van der Waals surface area (Å²) in [4.78, 5) is 1.82. The van der Waals surface area contributed by atoms with Gasteiger partial charge in [-0.25, -0.2) is 8.42 Å². The molecule has 0 amide bonds. The highest BCUT2D eigenvalue weighted by Gasteiger charge is 2.33. The number of quaternary nitrogens is 1. The van der Waals surface area contributed by atoms with Crippen molar-refractivity contribution >= 4 is 10.0 Å². The van der Waals surface area contributed by atoms with Crippen LogP contribution >= 0.6 is 0 Å². The molecular weight excluding hydrogens is 370 g/mol. The van der Waals surface area contributed by atoms with Crippen molar-refractivity contribution in [3.05, 3.63) is 63.7 Å². The minimum atomic E-state index is -3.50. The third-order valence-corrected chi connectivity index (χ3v) is 8.01. The number of nitrogens with zero attached hydrogens (tertiary/aromatic N) is 2. The molecule has 0 bridgehead atoms. The molecule has 2 aromatic carbocycles. The van der Waals surface area contributed by atoms with Gasteiger partial charge >= 0.3 is 0 Å². The first kappa shape index (κ1) is 20.5. The summed E-state index contributed by atoms with van der Waals surface area (Å²) < 4.78 is 28.4. The highest BCUT2D eigenvalue weighted by molar-refractivity contribution is 7.89. The topological polar surface area (TPSA) is 65.6 Å². The van der Waals surface area contributed by atoms with Crippen molar-refractivity contribution in [2.75, 3.05) is 26.2 Å². The van der Waals surface area contributed by atoms with Gasteiger partial charge in [0.2, 0.25) is 10.0 Å². The van der Waals surface area contributed by atoms with Gasteiger partial charge in [-0.1, -0.05) is 18.2 Å². The lowest BCUT2D eigenvalue weighted by Crippen LogP contribution is -3.13. The number of sulfonamides is 1. The molecule has 1 N–H and O–H groups in total. The van der Waals surface area contributed by atoms with Gasteiger partial charge in [0.1, 0.15) is 6.54 Å². The van der Waals surface area contributed by atoms with Gasteiger partial charge in [-0.3, -0.25) is 0 Å². The first-order valence-electron chi connectivity index (χ1n) is 9.64. The first-order chi connectivity index (χ1) is 13.2. The van der Waals surface area contributed by atoms with Crippen LogP contribution in [-0.4, -0.2) is 38.9 Å². The summed E-state index contributed by atoms with van der Waals surface area (Å²) in [6.07, 6.45) is 0. The maximum atomic E-state index is 13.4. The second-order valence-electron chi connectivity index (χ2n) is 7.73. The number of hydrogen-bond donors (Lipinski definition) is 1. The van der Waals surface area contributed by atoms with Gasteiger partial charge in [-0.2, -0.15) is 9.57 Å². The summed E-state index contributed by atoms with van der Waals surface area (Å²) in [7, 11) is -3.50. The predicted molar refractivity (Wildman–Crippen MR) is 110 cm³/mol. The molecule has 0 saturated carbocycles. The van der Waals surface area contributed by atoms with Crippen LogP contribution in [-0.2, 0) is 16.6 Å². The molecule has 0 atom stereocenters. The Hall–Kier alpha value is -2.20. The third kappa shape index (κ3) is 3.97. The van der Waals surface area contributed by atoms with E-state index >= 15 is 0 Å². The molecule has 1 aliphatic heterocycles. The maximum Gasteiger partial charge on any atom is 0.244 e. The van der Waals surface area contributed by atoms with Crippen LogP contribution in [0.2, 0.25) is 0 Å². The molecule has 3 rings (SSSR count). The molecule has 0 aliphatic carbocycles. The number of nitrogens with one attached hydrogen (secondary N) is 1. The van der Waals surface area contributed by atoms with Gasteiger partial charge in [0.25, 0.3) is 0 Å². The summed E-state index contributed by atoms with van der Waals surface area (Å²) >= 11 is 0. The lowest BCUT2D eigenvalue weighted by Gasteiger charge is -2.32. The molecule has 28 heavy (non-hydrogen) atoms. The van der Waals surface area contributed by atoms with E-state index in [0.717, 1.165) is 47.5 Å². The standard InChI is InChI=1S/C22H27N3O2S/c1-16-12-17(2)19(4)22(18(16)3)28(26,27)25-10-8-24(9-11-25)15-21-7-5-6-20(13-21)14-23/h5-7,12-13H,8-11,15H2,1-4H3/p+1. The van der Waals surface area contributed by atoms with E-state index in [0.29, 0.717) is 23.5 Å². The molecular formula is C22H28N3O2S+. The van der Waals surface area contributed by atoms with Crippen LogP contribution in [0, 0.1) is 39.0 Å². The number of benzene rings is 2. The minimum Gasteiger partial charge on any atom is -0.329 e. The van der Waals surface area contributed by atoms with Crippen LogP contribution in [0.4, 0.5) is 0 Å². The molecule has 0 aromatic heterocycles. The van der Waals surface area contributed by atoms with Crippen LogP contribution in [0.25, 0.3) is 0 Å². The Morgan fingerprint density at radius 1 is 1.04 bits per heavy atom. The van der Waals surface area contributed by atoms with Crippen molar-refractivity contribution < 1.29 is 13.3 Å². The second kappa shape index (κ2) is 8.04. The number of aryl methyl sites for hydroxylation is 2. The van der Waals surface area contributed by atoms with E-state index in [-0.39, 0.29) is 0 Å². The summed E-state index contributed by atoms with van der Waals surface area (Å²) in [6.45, 7) is 11.1. The van der Waals surface area contributed by atoms with Crippen molar-refractivity contribution in [2.45, 2.75) is 39.1 Å². The molecule has 5 nitrogen and oxygen atoms in total. The van der Waals surface area contributed by atoms with Crippen LogP contribution in [0.5, 0.6) is 0 Å². The van der Waals surface area contributed by atoms with E-state index in [9.17, 15) is 8.42 Å². The smallest absolute Gasteiger partial charge is 0.244 e. The molecule has 1 saturated heterocycles. The quantitative estimate of drug-likeness (QED) is 0.855. The van der Waals surface area contributed by atoms with E-state index in [1.54, 1.807) is 10.4 Å². The second-order valence-corrected chi connectivity index (χ2v) is 9.61. The Bertz CT molecular complexity index is 1000. The van der Waals surface area contributed by atoms with Gasteiger partial charge < -0.3 is 4.90 Å². The molecule has 6 heteroatoms. The predicted octanol–water partition coefficient (Wildman–Crippen LogP) is 1.88. The average Bonchev–Trinajstić information content (AvgIpc) is 2.67. The molecule has 148 valence electrons. The van der Waals surface area contributed by atoms with Crippen LogP contribution in [0.15, 0.2) is 35.2 Å². The highest BCUT2D eigenvalue weighted by Crippen LogP contribution is 2.28. The van der Waals surface area contributed by atoms with E-state index in [4.69, 9.17) is 5.26 Å². The molecule has 1 heterocycles. The number of nitriles is 1. The molecule has 0 radical (unpaired) electrons. The van der Waals surface area contributed by atoms with E-state index < -0.39 is 10.0 Å². The minimum absolute atomic E-state index is 0.482. The summed E-state index contributed by atoms with van der Waals surface area (Å²) in [5.74, 6) is 0. The summed E-state index contributed by atoms with van der Waals surface area (Å²) in [5, 5.41) is 9.05. The van der Waals surface area contributed by atoms with Crippen LogP contribution in [0.3, 0.4) is 0 Å². The zero-order valence-corrected chi connectivity index (χ0v) is 17.9. The fourth-order valence-electron chi connectivity index (χ4n) is 3.96. The van der Waals surface area contributed by atoms with Gasteiger partial charge in [0, 0.05) is 5.56 Å². The Kier molecular flexibility index (Phi) is 5.90. The molecule has 1 aliphatic rings. The monoisotopic (exact) mass is 398 g/mol. The Balaban J connectivity index is 1.75. The first-order valence-corrected chi connectivity index (χ1v) is 11.1. The fraction of sp³-hybridized carbons (Fsp3) is 0.409. The summed E-state index contributed by atoms with van der Waals surface area (Å²) in [6, 6.07) is 11.9. The van der Waals surface area contributed by atoms with Crippen molar-refractivity contribution in [1.29, 1.82) is 5.26 Å². The molecule has 0 spiro atoms. The Labute approximate surface area is 168 Å². The van der Waals surface area contributed by atoms with Crippen molar-refractivity contribution in [3.8, 4) is 6.07 Å². The molecule has 2 aromatic rings. The van der Waals surface area contributed by atoms with E-state index in [1.165, 1.54) is 4.90 Å². The van der Waals surface area contributed by atoms with Gasteiger partial charge in [0.05, 0.1) is 42.7 Å². The highest BCUT2D eigenvalue weighted by atomic mass is 32.2. The van der Waals surface area contributed by atoms with E-state index in [1.807, 2.05) is 45.9 Å². The molecule has 1 fully saturated rings. The maximum absolute atomic E-state index is 13.4. The van der Waals surface area contributed by atoms with Crippen molar-refractivity contribution in [1.82, 2.24) is 4.31 Å². The fourth-order valence-corrected chi connectivity index (χ4v) is 5.97. The van der Waals surface area contributed by atoms with Gasteiger partial charge in [-0.05, 0) is 62.1 Å². The average molecular weight is 399 g/mol. The summed E-state index contributed by atoms with van der Waals surface area (Å²) in [5.41, 5.74) is 5.52. The Morgan fingerprint density at radius 2 is 1.64 bits per heavy atom. The van der Waals surface area contributed by atoms with Gasteiger partial charge in [0.15, 0.2) is 0 Å². The lowest BCUT2D eigenvalue weighted by molar-refractivity contribution is -0.917. The van der Waals surface area contributed by atoms with Crippen LogP contribution in [0.1, 0.15) is 33.4 Å². The van der Waals surface area contributed by atoms with Crippen molar-refractivity contribution in [3.63, 3.8) is 0 Å². The zero-order chi connectivity index (χ0) is 20.5. The Morgan fingerprint density at radius 3 is 2.21 bits per heavy atom. The number of rotatable bonds is 4. The van der Waals surface area contributed by atoms with Crippen LogP contribution < -0.4 is 4.90 Å². The van der Waals surface area contributed by atoms with Gasteiger partial charge in [-0.15, -0.1) is 0 Å².